The fourth-order valence-corrected chi connectivity index (χ4v) is 2.87. The molecule has 1 heterocycles. The van der Waals surface area contributed by atoms with Gasteiger partial charge in [-0.3, -0.25) is 4.79 Å². The Labute approximate surface area is 115 Å². The van der Waals surface area contributed by atoms with Gasteiger partial charge in [-0.05, 0) is 39.2 Å². The van der Waals surface area contributed by atoms with Crippen LogP contribution in [0.5, 0.6) is 0 Å². The Kier molecular flexibility index (Phi) is 5.89. The van der Waals surface area contributed by atoms with Gasteiger partial charge in [0.25, 0.3) is 0 Å². The lowest BCUT2D eigenvalue weighted by atomic mass is 9.81. The number of halogens is 1. The van der Waals surface area contributed by atoms with Gasteiger partial charge in [-0.25, -0.2) is 0 Å². The van der Waals surface area contributed by atoms with E-state index in [0.29, 0.717) is 0 Å². The van der Waals surface area contributed by atoms with Gasteiger partial charge in [0.05, 0.1) is 17.6 Å². The number of amides is 1. The first-order chi connectivity index (χ1) is 8.12. The molecule has 1 aliphatic carbocycles. The van der Waals surface area contributed by atoms with E-state index < -0.39 is 0 Å². The maximum absolute atomic E-state index is 12.3. The van der Waals surface area contributed by atoms with Crippen LogP contribution >= 0.6 is 12.4 Å². The molecule has 0 aromatic rings. The molecule has 5 heteroatoms. The third-order valence-electron chi connectivity index (χ3n) is 4.19. The molecular weight excluding hydrogens is 252 g/mol. The Hall–Kier alpha value is -0.320. The summed E-state index contributed by atoms with van der Waals surface area (Å²) in [5, 5.41) is 16.2. The van der Waals surface area contributed by atoms with Gasteiger partial charge in [0.1, 0.15) is 0 Å². The van der Waals surface area contributed by atoms with Gasteiger partial charge in [-0.1, -0.05) is 12.8 Å². The Bertz CT molecular complexity index is 280. The number of aliphatic hydroxyl groups excluding tert-OH is 1. The number of aliphatic hydroxyl groups is 1. The van der Waals surface area contributed by atoms with Gasteiger partial charge in [0, 0.05) is 6.54 Å². The van der Waals surface area contributed by atoms with Crippen molar-refractivity contribution < 1.29 is 9.90 Å². The Morgan fingerprint density at radius 2 is 2.06 bits per heavy atom. The van der Waals surface area contributed by atoms with Gasteiger partial charge in [0.2, 0.25) is 5.91 Å². The van der Waals surface area contributed by atoms with Gasteiger partial charge in [-0.2, -0.15) is 0 Å². The van der Waals surface area contributed by atoms with Crippen LogP contribution in [0.15, 0.2) is 0 Å². The minimum Gasteiger partial charge on any atom is -0.391 e. The molecule has 106 valence electrons. The lowest BCUT2D eigenvalue weighted by molar-refractivity contribution is -0.133. The summed E-state index contributed by atoms with van der Waals surface area (Å²) in [6.45, 7) is 3.78. The van der Waals surface area contributed by atoms with E-state index in [-0.39, 0.29) is 35.9 Å². The standard InChI is InChI=1S/C13H24N2O2.ClH/c1-13(7-4-8-14-9-13)12(17)15-10-5-2-3-6-11(10)16;/h10-11,14,16H,2-9H2,1H3,(H,15,17);1H/t10-,11-,13?;/m0./s1. The molecule has 1 saturated carbocycles. The largest absolute Gasteiger partial charge is 0.391 e. The van der Waals surface area contributed by atoms with E-state index in [0.717, 1.165) is 51.6 Å². The number of hydrogen-bond donors (Lipinski definition) is 3. The molecule has 0 aromatic heterocycles. The number of piperidine rings is 1. The molecule has 2 rings (SSSR count). The predicted molar refractivity (Wildman–Crippen MR) is 73.9 cm³/mol. The molecule has 3 atom stereocenters. The van der Waals surface area contributed by atoms with Crippen molar-refractivity contribution in [3.63, 3.8) is 0 Å². The molecule has 2 aliphatic rings. The second-order valence-corrected chi connectivity index (χ2v) is 5.77. The van der Waals surface area contributed by atoms with Crippen LogP contribution in [0.25, 0.3) is 0 Å². The minimum absolute atomic E-state index is 0. The molecule has 2 fully saturated rings. The highest BCUT2D eigenvalue weighted by atomic mass is 35.5. The van der Waals surface area contributed by atoms with Crippen molar-refractivity contribution in [1.29, 1.82) is 0 Å². The SMILES string of the molecule is CC1(C(=O)N[C@H]2CCCC[C@@H]2O)CCCNC1.Cl. The minimum atomic E-state index is -0.354. The second kappa shape index (κ2) is 6.73. The number of carbonyl (C=O) groups excluding carboxylic acids is 1. The fraction of sp³-hybridized carbons (Fsp3) is 0.923. The van der Waals surface area contributed by atoms with Crippen LogP contribution in [0.1, 0.15) is 45.4 Å². The molecule has 0 aromatic carbocycles. The molecule has 3 N–H and O–H groups in total. The van der Waals surface area contributed by atoms with Crippen molar-refractivity contribution in [2.75, 3.05) is 13.1 Å². The van der Waals surface area contributed by atoms with E-state index in [2.05, 4.69) is 10.6 Å². The van der Waals surface area contributed by atoms with Crippen LogP contribution in [0.4, 0.5) is 0 Å². The van der Waals surface area contributed by atoms with E-state index in [1.54, 1.807) is 0 Å². The lowest BCUT2D eigenvalue weighted by Gasteiger charge is -2.36. The number of hydrogen-bond acceptors (Lipinski definition) is 3. The molecule has 0 spiro atoms. The van der Waals surface area contributed by atoms with E-state index >= 15 is 0 Å². The third-order valence-corrected chi connectivity index (χ3v) is 4.19. The topological polar surface area (TPSA) is 61.4 Å². The molecular formula is C13H25ClN2O2. The van der Waals surface area contributed by atoms with Crippen molar-refractivity contribution in [3.05, 3.63) is 0 Å². The summed E-state index contributed by atoms with van der Waals surface area (Å²) in [5.74, 6) is 0.107. The van der Waals surface area contributed by atoms with Gasteiger partial charge in [0.15, 0.2) is 0 Å². The van der Waals surface area contributed by atoms with Crippen molar-refractivity contribution in [2.45, 2.75) is 57.6 Å². The van der Waals surface area contributed by atoms with E-state index in [1.807, 2.05) is 6.92 Å². The quantitative estimate of drug-likeness (QED) is 0.711. The molecule has 0 radical (unpaired) electrons. The summed E-state index contributed by atoms with van der Waals surface area (Å²) in [6.07, 6.45) is 5.55. The van der Waals surface area contributed by atoms with Crippen LogP contribution < -0.4 is 10.6 Å². The van der Waals surface area contributed by atoms with E-state index in [4.69, 9.17) is 0 Å². The van der Waals surface area contributed by atoms with Crippen LogP contribution in [-0.4, -0.2) is 36.2 Å². The lowest BCUT2D eigenvalue weighted by Crippen LogP contribution is -2.54. The molecule has 1 amide bonds. The van der Waals surface area contributed by atoms with Crippen LogP contribution in [-0.2, 0) is 4.79 Å². The normalized spacial score (nSPS) is 36.6. The van der Waals surface area contributed by atoms with Crippen molar-refractivity contribution in [1.82, 2.24) is 10.6 Å². The highest BCUT2D eigenvalue weighted by Gasteiger charge is 2.36. The van der Waals surface area contributed by atoms with Gasteiger partial charge >= 0.3 is 0 Å². The Morgan fingerprint density at radius 3 is 2.67 bits per heavy atom. The van der Waals surface area contributed by atoms with Gasteiger partial charge < -0.3 is 15.7 Å². The first-order valence-electron chi connectivity index (χ1n) is 6.82. The van der Waals surface area contributed by atoms with Crippen LogP contribution in [0.3, 0.4) is 0 Å². The molecule has 1 aliphatic heterocycles. The molecule has 1 unspecified atom stereocenters. The first-order valence-corrected chi connectivity index (χ1v) is 6.82. The Balaban J connectivity index is 0.00000162. The fourth-order valence-electron chi connectivity index (χ4n) is 2.87. The average Bonchev–Trinajstić information content (AvgIpc) is 2.33. The maximum Gasteiger partial charge on any atom is 0.227 e. The summed E-state index contributed by atoms with van der Waals surface area (Å²) in [5.41, 5.74) is -0.296. The smallest absolute Gasteiger partial charge is 0.227 e. The molecule has 4 nitrogen and oxygen atoms in total. The highest BCUT2D eigenvalue weighted by molar-refractivity contribution is 5.85. The van der Waals surface area contributed by atoms with Crippen molar-refractivity contribution in [3.8, 4) is 0 Å². The maximum atomic E-state index is 12.3. The molecule has 18 heavy (non-hydrogen) atoms. The van der Waals surface area contributed by atoms with Crippen LogP contribution in [0, 0.1) is 5.41 Å². The molecule has 0 bridgehead atoms. The van der Waals surface area contributed by atoms with Crippen molar-refractivity contribution >= 4 is 18.3 Å². The summed E-state index contributed by atoms with van der Waals surface area (Å²) >= 11 is 0. The number of nitrogens with one attached hydrogen (secondary N) is 2. The zero-order chi connectivity index (χ0) is 12.3. The summed E-state index contributed by atoms with van der Waals surface area (Å²) in [4.78, 5) is 12.3. The second-order valence-electron chi connectivity index (χ2n) is 5.77. The van der Waals surface area contributed by atoms with Crippen molar-refractivity contribution in [2.24, 2.45) is 5.41 Å². The third kappa shape index (κ3) is 3.59. The average molecular weight is 277 g/mol. The summed E-state index contributed by atoms with van der Waals surface area (Å²) in [7, 11) is 0. The summed E-state index contributed by atoms with van der Waals surface area (Å²) < 4.78 is 0. The summed E-state index contributed by atoms with van der Waals surface area (Å²) in [6, 6.07) is -0.0324. The highest BCUT2D eigenvalue weighted by Crippen LogP contribution is 2.27. The monoisotopic (exact) mass is 276 g/mol. The first kappa shape index (κ1) is 15.7. The van der Waals surface area contributed by atoms with Gasteiger partial charge in [-0.15, -0.1) is 12.4 Å². The number of carbonyl (C=O) groups is 1. The van der Waals surface area contributed by atoms with E-state index in [9.17, 15) is 9.90 Å². The number of rotatable bonds is 2. The zero-order valence-electron chi connectivity index (χ0n) is 11.1. The van der Waals surface area contributed by atoms with Crippen LogP contribution in [0.2, 0.25) is 0 Å². The van der Waals surface area contributed by atoms with E-state index in [1.165, 1.54) is 0 Å². The predicted octanol–water partition coefficient (Wildman–Crippen LogP) is 1.22. The zero-order valence-corrected chi connectivity index (χ0v) is 11.9. The molecule has 1 saturated heterocycles. The Morgan fingerprint density at radius 1 is 1.33 bits per heavy atom.